The minimum Gasteiger partial charge on any atom is -0.497 e. The summed E-state index contributed by atoms with van der Waals surface area (Å²) in [5.74, 6) is 0.986. The van der Waals surface area contributed by atoms with Gasteiger partial charge in [0.05, 0.1) is 32.4 Å². The number of carbonyl (C=O) groups is 2. The number of methoxy groups -OCH3 is 1. The van der Waals surface area contributed by atoms with E-state index < -0.39 is 5.60 Å². The Morgan fingerprint density at radius 1 is 1.17 bits per heavy atom. The first-order valence-electron chi connectivity index (χ1n) is 10.2. The van der Waals surface area contributed by atoms with Gasteiger partial charge in [-0.05, 0) is 19.2 Å². The fourth-order valence-electron chi connectivity index (χ4n) is 4.24. The molecule has 0 unspecified atom stereocenters. The van der Waals surface area contributed by atoms with Crippen LogP contribution in [0.4, 0.5) is 0 Å². The lowest BCUT2D eigenvalue weighted by Gasteiger charge is -2.42. The molecule has 0 bridgehead atoms. The number of amides is 2. The topological polar surface area (TPSA) is 71.6 Å². The minimum atomic E-state index is -0.495. The third-order valence-electron chi connectivity index (χ3n) is 6.10. The average Bonchev–Trinajstić information content (AvgIpc) is 2.85. The summed E-state index contributed by atoms with van der Waals surface area (Å²) in [6.45, 7) is 4.47. The van der Waals surface area contributed by atoms with Crippen molar-refractivity contribution in [2.24, 2.45) is 0 Å². The van der Waals surface area contributed by atoms with Gasteiger partial charge in [0.25, 0.3) is 5.91 Å². The number of fused-ring (bicyclic) bond motifs is 1. The van der Waals surface area contributed by atoms with Crippen molar-refractivity contribution in [2.75, 3.05) is 66.6 Å². The van der Waals surface area contributed by atoms with E-state index in [0.717, 1.165) is 25.9 Å². The van der Waals surface area contributed by atoms with E-state index in [-0.39, 0.29) is 18.4 Å². The molecule has 0 saturated carbocycles. The van der Waals surface area contributed by atoms with Gasteiger partial charge in [-0.2, -0.15) is 0 Å². The standard InChI is InChI=1S/C21H29N3O5/c1-22-7-5-21(6-8-22)15-24(14-19(25)23-9-11-28-12-10-23)20(26)17-4-3-16(27-2)13-18(17)29-21/h3-4,13H,5-12,14-15H2,1-2H3. The second kappa shape index (κ2) is 8.20. The van der Waals surface area contributed by atoms with Crippen LogP contribution < -0.4 is 9.47 Å². The van der Waals surface area contributed by atoms with Gasteiger partial charge < -0.3 is 28.9 Å². The Balaban J connectivity index is 1.62. The van der Waals surface area contributed by atoms with Gasteiger partial charge in [0.2, 0.25) is 5.91 Å². The van der Waals surface area contributed by atoms with Crippen molar-refractivity contribution in [3.8, 4) is 11.5 Å². The lowest BCUT2D eigenvalue weighted by Crippen LogP contribution is -2.55. The molecule has 0 radical (unpaired) electrons. The van der Waals surface area contributed by atoms with Gasteiger partial charge in [0, 0.05) is 45.1 Å². The number of ether oxygens (including phenoxy) is 3. The Kier molecular flexibility index (Phi) is 5.65. The van der Waals surface area contributed by atoms with Crippen molar-refractivity contribution in [1.29, 1.82) is 0 Å². The van der Waals surface area contributed by atoms with Crippen LogP contribution in [0.2, 0.25) is 0 Å². The fourth-order valence-corrected chi connectivity index (χ4v) is 4.24. The molecule has 1 spiro atoms. The van der Waals surface area contributed by atoms with E-state index in [1.807, 2.05) is 0 Å². The van der Waals surface area contributed by atoms with Crippen LogP contribution in [0.5, 0.6) is 11.5 Å². The van der Waals surface area contributed by atoms with Crippen LogP contribution in [0.25, 0.3) is 0 Å². The third-order valence-corrected chi connectivity index (χ3v) is 6.10. The number of likely N-dealkylation sites (tertiary alicyclic amines) is 1. The number of hydrogen-bond donors (Lipinski definition) is 0. The summed E-state index contributed by atoms with van der Waals surface area (Å²) in [7, 11) is 3.68. The largest absolute Gasteiger partial charge is 0.497 e. The van der Waals surface area contributed by atoms with Crippen molar-refractivity contribution < 1.29 is 23.8 Å². The molecule has 0 N–H and O–H groups in total. The lowest BCUT2D eigenvalue weighted by molar-refractivity contribution is -0.136. The molecule has 4 rings (SSSR count). The summed E-state index contributed by atoms with van der Waals surface area (Å²) < 4.78 is 17.2. The second-order valence-corrected chi connectivity index (χ2v) is 8.10. The Labute approximate surface area is 171 Å². The van der Waals surface area contributed by atoms with Gasteiger partial charge in [-0.3, -0.25) is 9.59 Å². The molecular weight excluding hydrogens is 374 g/mol. The summed E-state index contributed by atoms with van der Waals surface area (Å²) in [5.41, 5.74) is -0.0122. The molecule has 2 fully saturated rings. The molecule has 2 saturated heterocycles. The van der Waals surface area contributed by atoms with Gasteiger partial charge in [-0.15, -0.1) is 0 Å². The smallest absolute Gasteiger partial charge is 0.258 e. The maximum absolute atomic E-state index is 13.3. The molecule has 1 aromatic carbocycles. The van der Waals surface area contributed by atoms with Crippen LogP contribution in [0.3, 0.4) is 0 Å². The Morgan fingerprint density at radius 3 is 2.59 bits per heavy atom. The number of benzene rings is 1. The molecule has 29 heavy (non-hydrogen) atoms. The number of piperidine rings is 1. The molecule has 0 aliphatic carbocycles. The Hall–Kier alpha value is -2.32. The Morgan fingerprint density at radius 2 is 1.90 bits per heavy atom. The normalized spacial score (nSPS) is 22.1. The average molecular weight is 403 g/mol. The maximum atomic E-state index is 13.3. The second-order valence-electron chi connectivity index (χ2n) is 8.10. The van der Waals surface area contributed by atoms with Crippen LogP contribution in [0.15, 0.2) is 18.2 Å². The number of carbonyl (C=O) groups excluding carboxylic acids is 2. The van der Waals surface area contributed by atoms with Gasteiger partial charge in [-0.25, -0.2) is 0 Å². The zero-order valence-corrected chi connectivity index (χ0v) is 17.2. The van der Waals surface area contributed by atoms with Crippen molar-refractivity contribution in [3.63, 3.8) is 0 Å². The first-order valence-corrected chi connectivity index (χ1v) is 10.2. The van der Waals surface area contributed by atoms with E-state index in [1.54, 1.807) is 35.1 Å². The zero-order chi connectivity index (χ0) is 20.4. The predicted octanol–water partition coefficient (Wildman–Crippen LogP) is 0.853. The molecule has 8 heteroatoms. The number of morpholine rings is 1. The van der Waals surface area contributed by atoms with Crippen LogP contribution in [-0.2, 0) is 9.53 Å². The van der Waals surface area contributed by atoms with Crippen LogP contribution in [0.1, 0.15) is 23.2 Å². The highest BCUT2D eigenvalue weighted by atomic mass is 16.5. The first-order chi connectivity index (χ1) is 14.0. The summed E-state index contributed by atoms with van der Waals surface area (Å²) in [6.07, 6.45) is 1.60. The highest BCUT2D eigenvalue weighted by Crippen LogP contribution is 2.37. The van der Waals surface area contributed by atoms with E-state index in [2.05, 4.69) is 11.9 Å². The highest BCUT2D eigenvalue weighted by molar-refractivity contribution is 5.99. The zero-order valence-electron chi connectivity index (χ0n) is 17.2. The molecule has 2 amide bonds. The van der Waals surface area contributed by atoms with Crippen molar-refractivity contribution in [3.05, 3.63) is 23.8 Å². The number of rotatable bonds is 3. The van der Waals surface area contributed by atoms with Crippen LogP contribution in [-0.4, -0.2) is 98.8 Å². The molecule has 0 aromatic heterocycles. The van der Waals surface area contributed by atoms with E-state index in [0.29, 0.717) is 49.9 Å². The van der Waals surface area contributed by atoms with Gasteiger partial charge in [-0.1, -0.05) is 0 Å². The Bertz CT molecular complexity index is 770. The van der Waals surface area contributed by atoms with E-state index in [1.165, 1.54) is 0 Å². The van der Waals surface area contributed by atoms with Gasteiger partial charge >= 0.3 is 0 Å². The van der Waals surface area contributed by atoms with Crippen LogP contribution >= 0.6 is 0 Å². The molecule has 3 aliphatic rings. The summed E-state index contributed by atoms with van der Waals surface area (Å²) in [6, 6.07) is 5.27. The molecular formula is C21H29N3O5. The quantitative estimate of drug-likeness (QED) is 0.745. The summed E-state index contributed by atoms with van der Waals surface area (Å²) >= 11 is 0. The first kappa shape index (κ1) is 20.0. The molecule has 3 aliphatic heterocycles. The van der Waals surface area contributed by atoms with E-state index >= 15 is 0 Å². The van der Waals surface area contributed by atoms with Crippen molar-refractivity contribution >= 4 is 11.8 Å². The minimum absolute atomic E-state index is 0.0401. The van der Waals surface area contributed by atoms with Gasteiger partial charge in [0.15, 0.2) is 0 Å². The number of hydrogen-bond acceptors (Lipinski definition) is 6. The SMILES string of the molecule is COc1ccc2c(c1)OC1(CCN(C)CC1)CN(CC(=O)N1CCOCC1)C2=O. The summed E-state index contributed by atoms with van der Waals surface area (Å²) in [5, 5.41) is 0. The fraction of sp³-hybridized carbons (Fsp3) is 0.619. The molecule has 3 heterocycles. The molecule has 8 nitrogen and oxygen atoms in total. The summed E-state index contributed by atoms with van der Waals surface area (Å²) in [4.78, 5) is 31.9. The van der Waals surface area contributed by atoms with E-state index in [4.69, 9.17) is 14.2 Å². The number of nitrogens with zero attached hydrogens (tertiary/aromatic N) is 3. The molecule has 0 atom stereocenters. The highest BCUT2D eigenvalue weighted by Gasteiger charge is 2.43. The van der Waals surface area contributed by atoms with Crippen molar-refractivity contribution in [1.82, 2.24) is 14.7 Å². The molecule has 158 valence electrons. The molecule has 1 aromatic rings. The van der Waals surface area contributed by atoms with Crippen LogP contribution in [0, 0.1) is 0 Å². The third kappa shape index (κ3) is 4.18. The van der Waals surface area contributed by atoms with Gasteiger partial charge in [0.1, 0.15) is 23.6 Å². The van der Waals surface area contributed by atoms with E-state index in [9.17, 15) is 9.59 Å². The van der Waals surface area contributed by atoms with Crippen molar-refractivity contribution in [2.45, 2.75) is 18.4 Å². The predicted molar refractivity (Wildman–Crippen MR) is 106 cm³/mol. The lowest BCUT2D eigenvalue weighted by atomic mass is 9.90. The monoisotopic (exact) mass is 403 g/mol. The maximum Gasteiger partial charge on any atom is 0.258 e.